The number of amides is 1. The number of pyridine rings is 1. The average Bonchev–Trinajstić information content (AvgIpc) is 3.40. The number of nitrogens with zero attached hydrogens (tertiary/aromatic N) is 3. The van der Waals surface area contributed by atoms with Gasteiger partial charge in [0.25, 0.3) is 5.91 Å². The lowest BCUT2D eigenvalue weighted by molar-refractivity contribution is -0.141. The van der Waals surface area contributed by atoms with E-state index in [1.54, 1.807) is 29.8 Å². The number of aromatic nitrogens is 2. The van der Waals surface area contributed by atoms with E-state index in [4.69, 9.17) is 0 Å². The third kappa shape index (κ3) is 3.50. The number of thioether (sulfide) groups is 1. The van der Waals surface area contributed by atoms with E-state index in [0.29, 0.717) is 10.6 Å². The molecule has 1 saturated heterocycles. The van der Waals surface area contributed by atoms with Crippen molar-refractivity contribution in [3.63, 3.8) is 0 Å². The summed E-state index contributed by atoms with van der Waals surface area (Å²) < 4.78 is 0. The zero-order valence-electron chi connectivity index (χ0n) is 14.2. The van der Waals surface area contributed by atoms with Crippen molar-refractivity contribution in [3.8, 4) is 10.6 Å². The Balaban J connectivity index is 1.67. The first kappa shape index (κ1) is 18.1. The molecule has 138 valence electrons. The zero-order valence-corrected chi connectivity index (χ0v) is 16.7. The van der Waals surface area contributed by atoms with Crippen molar-refractivity contribution in [2.24, 2.45) is 0 Å². The van der Waals surface area contributed by atoms with Gasteiger partial charge in [0.15, 0.2) is 0 Å². The molecule has 1 aliphatic rings. The highest BCUT2D eigenvalue weighted by Crippen LogP contribution is 2.43. The third-order valence-corrected chi connectivity index (χ3v) is 7.39. The fourth-order valence-corrected chi connectivity index (χ4v) is 5.94. The summed E-state index contributed by atoms with van der Waals surface area (Å²) in [7, 11) is 0. The van der Waals surface area contributed by atoms with Crippen molar-refractivity contribution in [3.05, 3.63) is 57.5 Å². The van der Waals surface area contributed by atoms with Crippen LogP contribution in [0.15, 0.2) is 42.0 Å². The topological polar surface area (TPSA) is 83.4 Å². The normalized spacial score (nSPS) is 19.4. The van der Waals surface area contributed by atoms with Crippen LogP contribution in [0.5, 0.6) is 0 Å². The molecule has 1 fully saturated rings. The molecule has 4 heterocycles. The van der Waals surface area contributed by atoms with Crippen molar-refractivity contribution >= 4 is 46.3 Å². The molecular weight excluding hydrogens is 402 g/mol. The van der Waals surface area contributed by atoms with Gasteiger partial charge in [-0.3, -0.25) is 9.78 Å². The van der Waals surface area contributed by atoms with Crippen LogP contribution in [-0.4, -0.2) is 43.6 Å². The standard InChI is InChI=1S/C18H15N3O3S3/c1-10-20-12(8-25-10)14-2-3-15(27-14)16(22)21-13(18(23)24)9-26-17(21)11-4-6-19-7-5-11/h2-8,13,17H,9H2,1H3,(H,23,24). The third-order valence-electron chi connectivity index (χ3n) is 4.20. The molecule has 4 rings (SSSR count). The van der Waals surface area contributed by atoms with E-state index in [1.165, 1.54) is 28.0 Å². The molecule has 0 radical (unpaired) electrons. The molecule has 1 aliphatic heterocycles. The van der Waals surface area contributed by atoms with Crippen LogP contribution in [0.1, 0.15) is 25.6 Å². The van der Waals surface area contributed by atoms with Gasteiger partial charge in [0.1, 0.15) is 11.4 Å². The summed E-state index contributed by atoms with van der Waals surface area (Å²) in [6.07, 6.45) is 3.31. The summed E-state index contributed by atoms with van der Waals surface area (Å²) in [5.74, 6) is -0.894. The second kappa shape index (κ2) is 7.41. The van der Waals surface area contributed by atoms with E-state index >= 15 is 0 Å². The fraction of sp³-hybridized carbons (Fsp3) is 0.222. The van der Waals surface area contributed by atoms with Crippen LogP contribution in [0.25, 0.3) is 10.6 Å². The Bertz CT molecular complexity index is 986. The Labute approximate surface area is 167 Å². The maximum Gasteiger partial charge on any atom is 0.327 e. The predicted molar refractivity (Wildman–Crippen MR) is 107 cm³/mol. The Morgan fingerprint density at radius 2 is 2.00 bits per heavy atom. The van der Waals surface area contributed by atoms with E-state index in [2.05, 4.69) is 9.97 Å². The molecule has 1 N–H and O–H groups in total. The minimum absolute atomic E-state index is 0.266. The van der Waals surface area contributed by atoms with Gasteiger partial charge in [-0.1, -0.05) is 0 Å². The number of aliphatic carboxylic acids is 1. The highest BCUT2D eigenvalue weighted by molar-refractivity contribution is 7.99. The summed E-state index contributed by atoms with van der Waals surface area (Å²) >= 11 is 4.36. The number of carboxylic acid groups (broad SMARTS) is 1. The van der Waals surface area contributed by atoms with Crippen molar-refractivity contribution in [2.45, 2.75) is 18.3 Å². The summed E-state index contributed by atoms with van der Waals surface area (Å²) in [6.45, 7) is 1.94. The van der Waals surface area contributed by atoms with Crippen LogP contribution in [0, 0.1) is 6.92 Å². The first-order chi connectivity index (χ1) is 13.0. The van der Waals surface area contributed by atoms with Crippen LogP contribution < -0.4 is 0 Å². The van der Waals surface area contributed by atoms with E-state index in [9.17, 15) is 14.7 Å². The van der Waals surface area contributed by atoms with Gasteiger partial charge in [0.05, 0.1) is 20.5 Å². The average molecular weight is 418 g/mol. The Morgan fingerprint density at radius 1 is 1.22 bits per heavy atom. The molecule has 2 unspecified atom stereocenters. The monoisotopic (exact) mass is 417 g/mol. The molecule has 0 bridgehead atoms. The number of aryl methyl sites for hydroxylation is 1. The molecule has 3 aromatic rings. The predicted octanol–water partition coefficient (Wildman–Crippen LogP) is 3.92. The second-order valence-corrected chi connectivity index (χ2v) is 9.21. The molecule has 0 spiro atoms. The van der Waals surface area contributed by atoms with Crippen molar-refractivity contribution in [1.82, 2.24) is 14.9 Å². The molecule has 0 aromatic carbocycles. The fourth-order valence-electron chi connectivity index (χ4n) is 2.92. The van der Waals surface area contributed by atoms with Gasteiger partial charge in [0, 0.05) is 23.5 Å². The molecule has 3 aromatic heterocycles. The summed E-state index contributed by atoms with van der Waals surface area (Å²) in [4.78, 5) is 36.3. The van der Waals surface area contributed by atoms with E-state index in [0.717, 1.165) is 21.1 Å². The lowest BCUT2D eigenvalue weighted by atomic mass is 10.2. The molecule has 9 heteroatoms. The molecule has 27 heavy (non-hydrogen) atoms. The van der Waals surface area contributed by atoms with E-state index in [-0.39, 0.29) is 11.3 Å². The second-order valence-electron chi connectivity index (χ2n) is 5.95. The van der Waals surface area contributed by atoms with Gasteiger partial charge in [-0.05, 0) is 36.8 Å². The number of carbonyl (C=O) groups excluding carboxylic acids is 1. The van der Waals surface area contributed by atoms with Gasteiger partial charge < -0.3 is 10.0 Å². The highest BCUT2D eigenvalue weighted by Gasteiger charge is 2.43. The lowest BCUT2D eigenvalue weighted by Gasteiger charge is -2.27. The van der Waals surface area contributed by atoms with Crippen LogP contribution in [0.3, 0.4) is 0 Å². The minimum Gasteiger partial charge on any atom is -0.480 e. The summed E-state index contributed by atoms with van der Waals surface area (Å²) in [5.41, 5.74) is 1.72. The van der Waals surface area contributed by atoms with Crippen molar-refractivity contribution in [1.29, 1.82) is 0 Å². The summed E-state index contributed by atoms with van der Waals surface area (Å²) in [5, 5.41) is 12.2. The number of thiazole rings is 1. The quantitative estimate of drug-likeness (QED) is 0.693. The number of carboxylic acids is 1. The van der Waals surface area contributed by atoms with Gasteiger partial charge in [-0.25, -0.2) is 9.78 Å². The smallest absolute Gasteiger partial charge is 0.327 e. The number of hydrogen-bond donors (Lipinski definition) is 1. The van der Waals surface area contributed by atoms with Crippen molar-refractivity contribution in [2.75, 3.05) is 5.75 Å². The number of carbonyl (C=O) groups is 2. The van der Waals surface area contributed by atoms with Crippen LogP contribution >= 0.6 is 34.4 Å². The van der Waals surface area contributed by atoms with E-state index in [1.807, 2.05) is 30.5 Å². The zero-order chi connectivity index (χ0) is 19.0. The lowest BCUT2D eigenvalue weighted by Crippen LogP contribution is -2.42. The first-order valence-electron chi connectivity index (χ1n) is 8.14. The Morgan fingerprint density at radius 3 is 2.67 bits per heavy atom. The first-order valence-corrected chi connectivity index (χ1v) is 10.9. The minimum atomic E-state index is -0.987. The SMILES string of the molecule is Cc1nc(-c2ccc(C(=O)N3C(C(=O)O)CSC3c3ccncc3)s2)cs1. The van der Waals surface area contributed by atoms with Crippen molar-refractivity contribution < 1.29 is 14.7 Å². The number of thiophene rings is 1. The Hall–Kier alpha value is -2.23. The van der Waals surface area contributed by atoms with Gasteiger partial charge in [-0.15, -0.1) is 34.4 Å². The van der Waals surface area contributed by atoms with Gasteiger partial charge in [0.2, 0.25) is 0 Å². The molecule has 0 saturated carbocycles. The van der Waals surface area contributed by atoms with Crippen LogP contribution in [0.2, 0.25) is 0 Å². The number of hydrogen-bond acceptors (Lipinski definition) is 7. The molecule has 0 aliphatic carbocycles. The number of rotatable bonds is 4. The molecule has 6 nitrogen and oxygen atoms in total. The molecule has 1 amide bonds. The molecule has 2 atom stereocenters. The van der Waals surface area contributed by atoms with Gasteiger partial charge >= 0.3 is 5.97 Å². The summed E-state index contributed by atoms with van der Waals surface area (Å²) in [6, 6.07) is 6.41. The largest absolute Gasteiger partial charge is 0.480 e. The van der Waals surface area contributed by atoms with E-state index < -0.39 is 12.0 Å². The maximum absolute atomic E-state index is 13.2. The Kier molecular flexibility index (Phi) is 4.98. The van der Waals surface area contributed by atoms with Gasteiger partial charge in [-0.2, -0.15) is 0 Å². The van der Waals surface area contributed by atoms with Crippen LogP contribution in [0.4, 0.5) is 0 Å². The maximum atomic E-state index is 13.2. The van der Waals surface area contributed by atoms with Crippen LogP contribution in [-0.2, 0) is 4.79 Å². The molecular formula is C18H15N3O3S3. The highest BCUT2D eigenvalue weighted by atomic mass is 32.2.